The van der Waals surface area contributed by atoms with Crippen LogP contribution in [0.5, 0.6) is 5.75 Å². The van der Waals surface area contributed by atoms with Crippen LogP contribution in [0.2, 0.25) is 0 Å². The number of carbonyl (C=O) groups excluding carboxylic acids is 2. The molecule has 34 heavy (non-hydrogen) atoms. The van der Waals surface area contributed by atoms with Crippen LogP contribution < -0.4 is 10.7 Å². The Morgan fingerprint density at radius 2 is 1.65 bits per heavy atom. The number of nitrogens with zero attached hydrogens (tertiary/aromatic N) is 2. The zero-order valence-corrected chi connectivity index (χ0v) is 17.6. The maximum atomic E-state index is 12.5. The summed E-state index contributed by atoms with van der Waals surface area (Å²) in [4.78, 5) is 35.1. The standard InChI is InChI=1S/C25H18N4O5/c30-23-13-10-16-4-1-2-7-21(16)22(23)15-26-28-25(32)18-5-3-6-19(14-18)27-24(31)17-8-11-20(12-9-17)29(33)34/h1-15,30H,(H,27,31)(H,28,32). The second-order valence-electron chi connectivity index (χ2n) is 7.26. The quantitative estimate of drug-likeness (QED) is 0.224. The first-order valence-electron chi connectivity index (χ1n) is 10.1. The van der Waals surface area contributed by atoms with Crippen molar-refractivity contribution in [1.82, 2.24) is 5.43 Å². The molecule has 0 aromatic heterocycles. The van der Waals surface area contributed by atoms with Crippen LogP contribution >= 0.6 is 0 Å². The lowest BCUT2D eigenvalue weighted by atomic mass is 10.0. The van der Waals surface area contributed by atoms with Crippen LogP contribution in [0.4, 0.5) is 11.4 Å². The summed E-state index contributed by atoms with van der Waals surface area (Å²) >= 11 is 0. The number of non-ortho nitro benzene ring substituents is 1. The zero-order valence-electron chi connectivity index (χ0n) is 17.6. The van der Waals surface area contributed by atoms with E-state index < -0.39 is 16.7 Å². The number of hydrogen-bond donors (Lipinski definition) is 3. The Hall–Kier alpha value is -5.05. The van der Waals surface area contributed by atoms with Crippen molar-refractivity contribution in [3.05, 3.63) is 112 Å². The minimum absolute atomic E-state index is 0.0349. The highest BCUT2D eigenvalue weighted by Crippen LogP contribution is 2.25. The van der Waals surface area contributed by atoms with E-state index in [1.54, 1.807) is 30.3 Å². The number of aromatic hydroxyl groups is 1. The monoisotopic (exact) mass is 454 g/mol. The molecule has 0 saturated heterocycles. The van der Waals surface area contributed by atoms with Crippen molar-refractivity contribution in [1.29, 1.82) is 0 Å². The minimum atomic E-state index is -0.548. The van der Waals surface area contributed by atoms with Gasteiger partial charge in [-0.05, 0) is 47.2 Å². The van der Waals surface area contributed by atoms with E-state index in [9.17, 15) is 24.8 Å². The molecule has 4 aromatic carbocycles. The number of fused-ring (bicyclic) bond motifs is 1. The highest BCUT2D eigenvalue weighted by Gasteiger charge is 2.11. The van der Waals surface area contributed by atoms with Gasteiger partial charge in [0.1, 0.15) is 5.75 Å². The number of hydrazone groups is 1. The first-order chi connectivity index (χ1) is 16.4. The average Bonchev–Trinajstić information content (AvgIpc) is 2.85. The van der Waals surface area contributed by atoms with E-state index in [4.69, 9.17) is 0 Å². The largest absolute Gasteiger partial charge is 0.507 e. The Labute approximate surface area is 193 Å². The van der Waals surface area contributed by atoms with Gasteiger partial charge in [-0.2, -0.15) is 5.10 Å². The molecule has 0 aliphatic carbocycles. The van der Waals surface area contributed by atoms with E-state index >= 15 is 0 Å². The van der Waals surface area contributed by atoms with Gasteiger partial charge in [0, 0.05) is 34.5 Å². The Bertz CT molecular complexity index is 1430. The van der Waals surface area contributed by atoms with Crippen LogP contribution in [0.15, 0.2) is 90.0 Å². The Morgan fingerprint density at radius 1 is 0.882 bits per heavy atom. The smallest absolute Gasteiger partial charge is 0.271 e. The molecule has 3 N–H and O–H groups in total. The predicted octanol–water partition coefficient (Wildman–Crippen LogP) is 4.47. The molecule has 168 valence electrons. The lowest BCUT2D eigenvalue weighted by Crippen LogP contribution is -2.18. The van der Waals surface area contributed by atoms with E-state index in [1.165, 1.54) is 36.5 Å². The highest BCUT2D eigenvalue weighted by molar-refractivity contribution is 6.05. The van der Waals surface area contributed by atoms with Crippen molar-refractivity contribution < 1.29 is 19.6 Å². The number of phenols is 1. The maximum absolute atomic E-state index is 12.5. The molecule has 0 atom stereocenters. The van der Waals surface area contributed by atoms with Crippen molar-refractivity contribution in [2.75, 3.05) is 5.32 Å². The molecule has 9 nitrogen and oxygen atoms in total. The van der Waals surface area contributed by atoms with Crippen LogP contribution in [0.25, 0.3) is 10.8 Å². The van der Waals surface area contributed by atoms with E-state index in [0.717, 1.165) is 10.8 Å². The van der Waals surface area contributed by atoms with Crippen molar-refractivity contribution in [2.45, 2.75) is 0 Å². The fourth-order valence-electron chi connectivity index (χ4n) is 3.32. The van der Waals surface area contributed by atoms with Crippen molar-refractivity contribution in [3.63, 3.8) is 0 Å². The average molecular weight is 454 g/mol. The van der Waals surface area contributed by atoms with Gasteiger partial charge in [-0.15, -0.1) is 0 Å². The third kappa shape index (κ3) is 4.89. The summed E-state index contributed by atoms with van der Waals surface area (Å²) in [6, 6.07) is 22.2. The summed E-state index contributed by atoms with van der Waals surface area (Å²) in [5, 5.41) is 29.2. The second kappa shape index (κ2) is 9.61. The van der Waals surface area contributed by atoms with Crippen molar-refractivity contribution in [3.8, 4) is 5.75 Å². The number of anilines is 1. The van der Waals surface area contributed by atoms with Crippen molar-refractivity contribution >= 4 is 40.2 Å². The summed E-state index contributed by atoms with van der Waals surface area (Å²) in [6.45, 7) is 0. The number of nitrogens with one attached hydrogen (secondary N) is 2. The fourth-order valence-corrected chi connectivity index (χ4v) is 3.32. The lowest BCUT2D eigenvalue weighted by molar-refractivity contribution is -0.384. The van der Waals surface area contributed by atoms with Crippen LogP contribution in [0.3, 0.4) is 0 Å². The van der Waals surface area contributed by atoms with Gasteiger partial charge in [0.05, 0.1) is 11.1 Å². The van der Waals surface area contributed by atoms with Gasteiger partial charge in [-0.1, -0.05) is 36.4 Å². The highest BCUT2D eigenvalue weighted by atomic mass is 16.6. The van der Waals surface area contributed by atoms with E-state index in [1.807, 2.05) is 24.3 Å². The summed E-state index contributed by atoms with van der Waals surface area (Å²) in [7, 11) is 0. The lowest BCUT2D eigenvalue weighted by Gasteiger charge is -2.07. The molecule has 0 bridgehead atoms. The van der Waals surface area contributed by atoms with Crippen LogP contribution in [0, 0.1) is 10.1 Å². The molecule has 0 heterocycles. The predicted molar refractivity (Wildman–Crippen MR) is 128 cm³/mol. The van der Waals surface area contributed by atoms with Gasteiger partial charge in [0.15, 0.2) is 0 Å². The Kier molecular flexibility index (Phi) is 6.26. The second-order valence-corrected chi connectivity index (χ2v) is 7.26. The van der Waals surface area contributed by atoms with Crippen LogP contribution in [0.1, 0.15) is 26.3 Å². The molecule has 4 aromatic rings. The number of benzene rings is 4. The number of carbonyl (C=O) groups is 2. The Balaban J connectivity index is 1.44. The molecule has 0 aliphatic rings. The third-order valence-electron chi connectivity index (χ3n) is 5.03. The number of nitro benzene ring substituents is 1. The number of hydrogen-bond acceptors (Lipinski definition) is 6. The van der Waals surface area contributed by atoms with Crippen LogP contribution in [-0.4, -0.2) is 28.1 Å². The molecule has 0 unspecified atom stereocenters. The van der Waals surface area contributed by atoms with Crippen molar-refractivity contribution in [2.24, 2.45) is 5.10 Å². The van der Waals surface area contributed by atoms with Crippen LogP contribution in [-0.2, 0) is 0 Å². The minimum Gasteiger partial charge on any atom is -0.507 e. The number of phenolic OH excluding ortho intramolecular Hbond substituents is 1. The molecular weight excluding hydrogens is 436 g/mol. The number of amides is 2. The first-order valence-corrected chi connectivity index (χ1v) is 10.1. The molecule has 0 saturated carbocycles. The molecule has 0 radical (unpaired) electrons. The van der Waals surface area contributed by atoms with Gasteiger partial charge < -0.3 is 10.4 Å². The fraction of sp³-hybridized carbons (Fsp3) is 0. The normalized spacial score (nSPS) is 10.8. The summed E-state index contributed by atoms with van der Waals surface area (Å²) < 4.78 is 0. The maximum Gasteiger partial charge on any atom is 0.271 e. The topological polar surface area (TPSA) is 134 Å². The van der Waals surface area contributed by atoms with Gasteiger partial charge in [-0.3, -0.25) is 19.7 Å². The van der Waals surface area contributed by atoms with E-state index in [2.05, 4.69) is 15.8 Å². The third-order valence-corrected chi connectivity index (χ3v) is 5.03. The summed E-state index contributed by atoms with van der Waals surface area (Å²) in [5.41, 5.74) is 3.62. The van der Waals surface area contributed by atoms with Gasteiger partial charge >= 0.3 is 0 Å². The number of nitro groups is 1. The van der Waals surface area contributed by atoms with E-state index in [-0.39, 0.29) is 22.6 Å². The Morgan fingerprint density at radius 3 is 2.41 bits per heavy atom. The SMILES string of the molecule is O=C(NN=Cc1c(O)ccc2ccccc12)c1cccc(NC(=O)c2ccc([N+](=O)[O-])cc2)c1. The molecule has 4 rings (SSSR count). The molecule has 0 fully saturated rings. The van der Waals surface area contributed by atoms with Gasteiger partial charge in [0.25, 0.3) is 17.5 Å². The molecule has 0 spiro atoms. The molecule has 2 amide bonds. The number of rotatable bonds is 6. The van der Waals surface area contributed by atoms with Gasteiger partial charge in [0.2, 0.25) is 0 Å². The van der Waals surface area contributed by atoms with Gasteiger partial charge in [-0.25, -0.2) is 5.43 Å². The molecule has 9 heteroatoms. The molecule has 0 aliphatic heterocycles. The summed E-state index contributed by atoms with van der Waals surface area (Å²) in [6.07, 6.45) is 1.37. The molecular formula is C25H18N4O5. The van der Waals surface area contributed by atoms with E-state index in [0.29, 0.717) is 11.3 Å². The summed E-state index contributed by atoms with van der Waals surface area (Å²) in [5.74, 6) is -0.952. The zero-order chi connectivity index (χ0) is 24.1. The first kappa shape index (κ1) is 22.2.